The highest BCUT2D eigenvalue weighted by Crippen LogP contribution is 2.18. The second-order valence-electron chi connectivity index (χ2n) is 7.49. The van der Waals surface area contributed by atoms with Crippen molar-refractivity contribution in [3.05, 3.63) is 83.2 Å². The number of hydrogen-bond acceptors (Lipinski definition) is 4. The summed E-state index contributed by atoms with van der Waals surface area (Å²) in [4.78, 5) is 22.4. The van der Waals surface area contributed by atoms with Crippen LogP contribution in [0.5, 0.6) is 0 Å². The highest BCUT2D eigenvalue weighted by Gasteiger charge is 2.10. The van der Waals surface area contributed by atoms with Crippen molar-refractivity contribution in [3.63, 3.8) is 0 Å². The molecule has 3 aromatic rings. The van der Waals surface area contributed by atoms with Gasteiger partial charge in [-0.05, 0) is 38.1 Å². The third-order valence-corrected chi connectivity index (χ3v) is 5.73. The van der Waals surface area contributed by atoms with E-state index < -0.39 is 0 Å². The number of imidazole rings is 1. The molecule has 0 unspecified atom stereocenters. The lowest BCUT2D eigenvalue weighted by molar-refractivity contribution is -0.118. The lowest BCUT2D eigenvalue weighted by Gasteiger charge is -2.16. The van der Waals surface area contributed by atoms with E-state index in [9.17, 15) is 4.79 Å². The first-order valence-corrected chi connectivity index (χ1v) is 11.3. The molecular weight excluding hydrogens is 392 g/mol. The molecule has 2 aromatic carbocycles. The number of carbonyl (C=O) groups excluding carboxylic acids is 1. The zero-order valence-electron chi connectivity index (χ0n) is 17.7. The minimum atomic E-state index is 0.0457. The van der Waals surface area contributed by atoms with E-state index in [0.29, 0.717) is 12.3 Å². The van der Waals surface area contributed by atoms with Gasteiger partial charge in [0.2, 0.25) is 5.91 Å². The van der Waals surface area contributed by atoms with Crippen LogP contribution in [0.1, 0.15) is 28.9 Å². The number of rotatable bonds is 11. The van der Waals surface area contributed by atoms with Crippen LogP contribution < -0.4 is 5.32 Å². The number of aryl methyl sites for hydroxylation is 1. The molecule has 6 heteroatoms. The molecule has 2 N–H and O–H groups in total. The van der Waals surface area contributed by atoms with Gasteiger partial charge in [0.15, 0.2) is 5.16 Å². The van der Waals surface area contributed by atoms with Crippen molar-refractivity contribution in [2.45, 2.75) is 31.5 Å². The Morgan fingerprint density at radius 3 is 2.43 bits per heavy atom. The third kappa shape index (κ3) is 7.35. The number of H-pyrrole nitrogens is 1. The topological polar surface area (TPSA) is 61.0 Å². The summed E-state index contributed by atoms with van der Waals surface area (Å²) in [5.41, 5.74) is 4.63. The zero-order chi connectivity index (χ0) is 21.2. The fraction of sp³-hybridized carbons (Fsp3) is 0.333. The summed E-state index contributed by atoms with van der Waals surface area (Å²) < 4.78 is 0. The molecular formula is C24H30N4OS. The van der Waals surface area contributed by atoms with Crippen LogP contribution in [0.15, 0.2) is 65.8 Å². The van der Waals surface area contributed by atoms with Crippen molar-refractivity contribution in [1.82, 2.24) is 20.2 Å². The van der Waals surface area contributed by atoms with Crippen LogP contribution in [0, 0.1) is 6.92 Å². The molecule has 158 valence electrons. The Balaban J connectivity index is 1.33. The maximum atomic E-state index is 12.1. The number of carbonyl (C=O) groups is 1. The first-order chi connectivity index (χ1) is 14.6. The van der Waals surface area contributed by atoms with Crippen LogP contribution in [0.4, 0.5) is 0 Å². The van der Waals surface area contributed by atoms with E-state index in [2.05, 4.69) is 63.6 Å². The summed E-state index contributed by atoms with van der Waals surface area (Å²) >= 11 is 1.45. The van der Waals surface area contributed by atoms with Crippen molar-refractivity contribution in [2.24, 2.45) is 0 Å². The molecule has 1 amide bonds. The Morgan fingerprint density at radius 1 is 1.07 bits per heavy atom. The summed E-state index contributed by atoms with van der Waals surface area (Å²) in [5.74, 6) is 0.418. The van der Waals surface area contributed by atoms with Gasteiger partial charge in [-0.3, -0.25) is 4.79 Å². The summed E-state index contributed by atoms with van der Waals surface area (Å²) in [6.45, 7) is 4.59. The van der Waals surface area contributed by atoms with E-state index >= 15 is 0 Å². The normalized spacial score (nSPS) is 11.0. The van der Waals surface area contributed by atoms with Crippen molar-refractivity contribution < 1.29 is 4.79 Å². The summed E-state index contributed by atoms with van der Waals surface area (Å²) in [5, 5.41) is 3.81. The van der Waals surface area contributed by atoms with Gasteiger partial charge >= 0.3 is 0 Å². The number of nitrogens with zero attached hydrogens (tertiary/aromatic N) is 2. The minimum Gasteiger partial charge on any atom is -0.355 e. The zero-order valence-corrected chi connectivity index (χ0v) is 18.5. The average molecular weight is 423 g/mol. The molecule has 0 aliphatic rings. The van der Waals surface area contributed by atoms with Crippen LogP contribution in [-0.4, -0.2) is 46.7 Å². The molecule has 0 aliphatic heterocycles. The van der Waals surface area contributed by atoms with Crippen molar-refractivity contribution in [2.75, 3.05) is 25.9 Å². The molecule has 0 atom stereocenters. The van der Waals surface area contributed by atoms with Gasteiger partial charge in [-0.2, -0.15) is 0 Å². The second kappa shape index (κ2) is 11.6. The number of aromatic amines is 1. The number of benzene rings is 2. The van der Waals surface area contributed by atoms with E-state index in [-0.39, 0.29) is 5.91 Å². The highest BCUT2D eigenvalue weighted by atomic mass is 32.2. The van der Waals surface area contributed by atoms with Crippen molar-refractivity contribution in [1.29, 1.82) is 0 Å². The van der Waals surface area contributed by atoms with E-state index in [0.717, 1.165) is 42.5 Å². The lowest BCUT2D eigenvalue weighted by atomic mass is 10.1. The lowest BCUT2D eigenvalue weighted by Crippen LogP contribution is -2.29. The van der Waals surface area contributed by atoms with Crippen LogP contribution >= 0.6 is 11.8 Å². The standard InChI is InChI=1S/C24H30N4OS/c1-19-22(16-20-10-5-3-6-11-20)27-24(26-19)30-18-23(29)25-14-9-15-28(2)17-21-12-7-4-8-13-21/h3-8,10-13H,9,14-18H2,1-2H3,(H,25,29)(H,26,27). The molecule has 0 aliphatic carbocycles. The summed E-state index contributed by atoms with van der Waals surface area (Å²) in [7, 11) is 2.11. The molecule has 0 fully saturated rings. The largest absolute Gasteiger partial charge is 0.355 e. The maximum Gasteiger partial charge on any atom is 0.230 e. The fourth-order valence-electron chi connectivity index (χ4n) is 3.23. The molecule has 30 heavy (non-hydrogen) atoms. The molecule has 0 saturated heterocycles. The quantitative estimate of drug-likeness (QED) is 0.362. The van der Waals surface area contributed by atoms with Gasteiger partial charge in [0.25, 0.3) is 0 Å². The number of aromatic nitrogens is 2. The Kier molecular flexibility index (Phi) is 8.53. The molecule has 1 heterocycles. The Morgan fingerprint density at radius 2 is 1.73 bits per heavy atom. The van der Waals surface area contributed by atoms with Gasteiger partial charge in [0.1, 0.15) is 0 Å². The van der Waals surface area contributed by atoms with Gasteiger partial charge in [0, 0.05) is 25.2 Å². The Labute approximate surface area is 183 Å². The van der Waals surface area contributed by atoms with E-state index in [1.807, 2.05) is 31.2 Å². The van der Waals surface area contributed by atoms with Crippen molar-refractivity contribution in [3.8, 4) is 0 Å². The molecule has 1 aromatic heterocycles. The predicted molar refractivity (Wildman–Crippen MR) is 124 cm³/mol. The van der Waals surface area contributed by atoms with E-state index in [1.165, 1.54) is 22.9 Å². The second-order valence-corrected chi connectivity index (χ2v) is 8.46. The van der Waals surface area contributed by atoms with Gasteiger partial charge in [-0.25, -0.2) is 4.98 Å². The maximum absolute atomic E-state index is 12.1. The third-order valence-electron chi connectivity index (χ3n) is 4.85. The van der Waals surface area contributed by atoms with Crippen LogP contribution in [0.25, 0.3) is 0 Å². The van der Waals surface area contributed by atoms with Gasteiger partial charge in [-0.1, -0.05) is 72.4 Å². The van der Waals surface area contributed by atoms with Gasteiger partial charge < -0.3 is 15.2 Å². The van der Waals surface area contributed by atoms with E-state index in [1.54, 1.807) is 0 Å². The van der Waals surface area contributed by atoms with Crippen LogP contribution in [0.2, 0.25) is 0 Å². The Bertz CT molecular complexity index is 911. The van der Waals surface area contributed by atoms with Gasteiger partial charge in [0.05, 0.1) is 11.4 Å². The number of thioether (sulfide) groups is 1. The summed E-state index contributed by atoms with van der Waals surface area (Å²) in [6.07, 6.45) is 1.73. The van der Waals surface area contributed by atoms with Crippen molar-refractivity contribution >= 4 is 17.7 Å². The Hall–Kier alpha value is -2.57. The average Bonchev–Trinajstić information content (AvgIpc) is 3.10. The predicted octanol–water partition coefficient (Wildman–Crippen LogP) is 4.04. The van der Waals surface area contributed by atoms with Crippen LogP contribution in [0.3, 0.4) is 0 Å². The monoisotopic (exact) mass is 422 g/mol. The van der Waals surface area contributed by atoms with Crippen LogP contribution in [-0.2, 0) is 17.8 Å². The van der Waals surface area contributed by atoms with E-state index in [4.69, 9.17) is 0 Å². The number of hydrogen-bond donors (Lipinski definition) is 2. The first kappa shape index (κ1) is 22.1. The molecule has 0 radical (unpaired) electrons. The fourth-order valence-corrected chi connectivity index (χ4v) is 4.00. The minimum absolute atomic E-state index is 0.0457. The van der Waals surface area contributed by atoms with Gasteiger partial charge in [-0.15, -0.1) is 0 Å². The molecule has 3 rings (SSSR count). The smallest absolute Gasteiger partial charge is 0.230 e. The number of nitrogens with one attached hydrogen (secondary N) is 2. The molecule has 5 nitrogen and oxygen atoms in total. The molecule has 0 spiro atoms. The summed E-state index contributed by atoms with van der Waals surface area (Å²) in [6, 6.07) is 20.7. The molecule has 0 bridgehead atoms. The molecule has 0 saturated carbocycles. The SMILES string of the molecule is Cc1[nH]c(SCC(=O)NCCCN(C)Cc2ccccc2)nc1Cc1ccccc1. The number of amides is 1. The first-order valence-electron chi connectivity index (χ1n) is 10.3. The highest BCUT2D eigenvalue weighted by molar-refractivity contribution is 7.99.